The van der Waals surface area contributed by atoms with E-state index in [1.165, 1.54) is 25.1 Å². The molecule has 0 aromatic heterocycles. The van der Waals surface area contributed by atoms with E-state index in [1.54, 1.807) is 6.07 Å². The van der Waals surface area contributed by atoms with E-state index >= 15 is 0 Å². The lowest BCUT2D eigenvalue weighted by molar-refractivity contribution is -0.138. The van der Waals surface area contributed by atoms with Gasteiger partial charge < -0.3 is 20.8 Å². The van der Waals surface area contributed by atoms with Crippen LogP contribution < -0.4 is 10.6 Å². The molecule has 1 unspecified atom stereocenters. The molecular weight excluding hydrogens is 240 g/mol. The maximum absolute atomic E-state index is 11.4. The minimum atomic E-state index is -1.18. The largest absolute Gasteiger partial charge is 0.480 e. The molecule has 0 fully saturated rings. The maximum Gasteiger partial charge on any atom is 0.337 e. The van der Waals surface area contributed by atoms with Gasteiger partial charge in [0, 0.05) is 0 Å². The van der Waals surface area contributed by atoms with Crippen LogP contribution in [0.2, 0.25) is 0 Å². The molecule has 0 aliphatic carbocycles. The van der Waals surface area contributed by atoms with E-state index in [0.717, 1.165) is 0 Å². The fourth-order valence-corrected chi connectivity index (χ4v) is 1.20. The Bertz CT molecular complexity index is 486. The number of aliphatic carboxylic acids is 1. The Kier molecular flexibility index (Phi) is 4.25. The third kappa shape index (κ3) is 3.48. The molecule has 96 valence electrons. The van der Waals surface area contributed by atoms with Crippen molar-refractivity contribution in [3.8, 4) is 0 Å². The predicted octanol–water partition coefficient (Wildman–Crippen LogP) is 0.979. The molecule has 0 bridgehead atoms. The summed E-state index contributed by atoms with van der Waals surface area (Å²) < 4.78 is 0. The Morgan fingerprint density at radius 3 is 2.33 bits per heavy atom. The van der Waals surface area contributed by atoms with Gasteiger partial charge in [0.2, 0.25) is 0 Å². The van der Waals surface area contributed by atoms with Gasteiger partial charge in [-0.1, -0.05) is 12.1 Å². The number of carbonyl (C=O) groups excluding carboxylic acids is 1. The summed E-state index contributed by atoms with van der Waals surface area (Å²) in [6.45, 7) is 1.30. The summed E-state index contributed by atoms with van der Waals surface area (Å²) in [4.78, 5) is 32.8. The topological polar surface area (TPSA) is 116 Å². The van der Waals surface area contributed by atoms with E-state index in [1.807, 2.05) is 0 Å². The van der Waals surface area contributed by atoms with Crippen LogP contribution in [0, 0.1) is 0 Å². The predicted molar refractivity (Wildman–Crippen MR) is 62.7 cm³/mol. The zero-order valence-corrected chi connectivity index (χ0v) is 9.51. The molecule has 1 atom stereocenters. The van der Waals surface area contributed by atoms with Crippen molar-refractivity contribution >= 4 is 23.7 Å². The van der Waals surface area contributed by atoms with Crippen molar-refractivity contribution in [3.05, 3.63) is 29.8 Å². The lowest BCUT2D eigenvalue weighted by Gasteiger charge is -2.12. The van der Waals surface area contributed by atoms with Gasteiger partial charge in [-0.05, 0) is 19.1 Å². The molecule has 1 rings (SSSR count). The van der Waals surface area contributed by atoms with Crippen molar-refractivity contribution in [1.29, 1.82) is 0 Å². The van der Waals surface area contributed by atoms with E-state index in [4.69, 9.17) is 10.2 Å². The first kappa shape index (κ1) is 13.5. The van der Waals surface area contributed by atoms with E-state index in [0.29, 0.717) is 0 Å². The van der Waals surface area contributed by atoms with Crippen LogP contribution in [0.5, 0.6) is 0 Å². The van der Waals surface area contributed by atoms with Crippen LogP contribution in [-0.4, -0.2) is 34.2 Å². The maximum atomic E-state index is 11.4. The second-order valence-corrected chi connectivity index (χ2v) is 3.51. The third-order valence-electron chi connectivity index (χ3n) is 2.12. The number of hydrogen-bond acceptors (Lipinski definition) is 3. The average molecular weight is 252 g/mol. The molecule has 0 aliphatic heterocycles. The van der Waals surface area contributed by atoms with Crippen LogP contribution in [0.25, 0.3) is 0 Å². The molecule has 7 heteroatoms. The second-order valence-electron chi connectivity index (χ2n) is 3.51. The summed E-state index contributed by atoms with van der Waals surface area (Å²) in [5, 5.41) is 21.9. The average Bonchev–Trinajstić information content (AvgIpc) is 2.28. The number of rotatable bonds is 4. The van der Waals surface area contributed by atoms with Gasteiger partial charge in [0.15, 0.2) is 0 Å². The minimum absolute atomic E-state index is 0.0735. The number of carboxylic acid groups (broad SMARTS) is 2. The number of aromatic carboxylic acids is 1. The van der Waals surface area contributed by atoms with E-state index in [2.05, 4.69) is 10.6 Å². The van der Waals surface area contributed by atoms with Gasteiger partial charge in [-0.25, -0.2) is 9.59 Å². The molecular formula is C11H12N2O5. The van der Waals surface area contributed by atoms with Gasteiger partial charge in [-0.15, -0.1) is 0 Å². The number of urea groups is 1. The Morgan fingerprint density at radius 1 is 1.17 bits per heavy atom. The highest BCUT2D eigenvalue weighted by molar-refractivity contribution is 6.00. The van der Waals surface area contributed by atoms with Crippen LogP contribution in [-0.2, 0) is 4.79 Å². The number of hydrogen-bond donors (Lipinski definition) is 4. The smallest absolute Gasteiger partial charge is 0.337 e. The first-order valence-electron chi connectivity index (χ1n) is 5.04. The fourth-order valence-electron chi connectivity index (χ4n) is 1.20. The fraction of sp³-hybridized carbons (Fsp3) is 0.182. The second kappa shape index (κ2) is 5.67. The molecule has 4 N–H and O–H groups in total. The van der Waals surface area contributed by atoms with E-state index in [9.17, 15) is 14.4 Å². The number of anilines is 1. The summed E-state index contributed by atoms with van der Waals surface area (Å²) in [6.07, 6.45) is 0. The lowest BCUT2D eigenvalue weighted by Crippen LogP contribution is -2.41. The number of carboxylic acids is 2. The lowest BCUT2D eigenvalue weighted by atomic mass is 10.2. The Morgan fingerprint density at radius 2 is 1.78 bits per heavy atom. The van der Waals surface area contributed by atoms with Crippen molar-refractivity contribution in [1.82, 2.24) is 5.32 Å². The van der Waals surface area contributed by atoms with Crippen LogP contribution in [0.3, 0.4) is 0 Å². The molecule has 0 heterocycles. The van der Waals surface area contributed by atoms with Crippen molar-refractivity contribution in [3.63, 3.8) is 0 Å². The number of carbonyl (C=O) groups is 3. The zero-order chi connectivity index (χ0) is 13.7. The van der Waals surface area contributed by atoms with Gasteiger partial charge in [-0.2, -0.15) is 0 Å². The quantitative estimate of drug-likeness (QED) is 0.637. The Labute approximate surface area is 102 Å². The van der Waals surface area contributed by atoms with Crippen LogP contribution >= 0.6 is 0 Å². The van der Waals surface area contributed by atoms with Crippen molar-refractivity contribution in [2.45, 2.75) is 13.0 Å². The molecule has 0 radical (unpaired) electrons. The van der Waals surface area contributed by atoms with Crippen molar-refractivity contribution in [2.75, 3.05) is 5.32 Å². The molecule has 0 spiro atoms. The van der Waals surface area contributed by atoms with Gasteiger partial charge in [0.25, 0.3) is 0 Å². The standard InChI is InChI=1S/C11H12N2O5/c1-6(9(14)15)12-11(18)13-8-5-3-2-4-7(8)10(16)17/h2-6H,1H3,(H,14,15)(H,16,17)(H2,12,13,18). The summed E-state index contributed by atoms with van der Waals surface area (Å²) >= 11 is 0. The summed E-state index contributed by atoms with van der Waals surface area (Å²) in [5.41, 5.74) is 0.0238. The summed E-state index contributed by atoms with van der Waals surface area (Å²) in [6, 6.07) is 3.97. The molecule has 0 aliphatic rings. The number of nitrogens with one attached hydrogen (secondary N) is 2. The molecule has 2 amide bonds. The molecule has 1 aromatic rings. The van der Waals surface area contributed by atoms with Crippen LogP contribution in [0.15, 0.2) is 24.3 Å². The highest BCUT2D eigenvalue weighted by Crippen LogP contribution is 2.14. The van der Waals surface area contributed by atoms with Crippen molar-refractivity contribution < 1.29 is 24.6 Å². The highest BCUT2D eigenvalue weighted by Gasteiger charge is 2.16. The molecule has 0 saturated carbocycles. The monoisotopic (exact) mass is 252 g/mol. The van der Waals surface area contributed by atoms with Gasteiger partial charge >= 0.3 is 18.0 Å². The number of benzene rings is 1. The first-order valence-corrected chi connectivity index (χ1v) is 5.04. The summed E-state index contributed by atoms with van der Waals surface area (Å²) in [5.74, 6) is -2.37. The van der Waals surface area contributed by atoms with Crippen LogP contribution in [0.1, 0.15) is 17.3 Å². The third-order valence-corrected chi connectivity index (χ3v) is 2.12. The Hall–Kier alpha value is -2.57. The summed E-state index contributed by atoms with van der Waals surface area (Å²) in [7, 11) is 0. The van der Waals surface area contributed by atoms with Gasteiger partial charge in [-0.3, -0.25) is 4.79 Å². The first-order chi connectivity index (χ1) is 8.41. The molecule has 7 nitrogen and oxygen atoms in total. The SMILES string of the molecule is CC(NC(=O)Nc1ccccc1C(=O)O)C(=O)O. The number of para-hydroxylation sites is 1. The van der Waals surface area contributed by atoms with E-state index < -0.39 is 24.0 Å². The zero-order valence-electron chi connectivity index (χ0n) is 9.51. The van der Waals surface area contributed by atoms with E-state index in [-0.39, 0.29) is 11.3 Å². The molecule has 1 aromatic carbocycles. The van der Waals surface area contributed by atoms with Crippen LogP contribution in [0.4, 0.5) is 10.5 Å². The van der Waals surface area contributed by atoms with Gasteiger partial charge in [0.1, 0.15) is 6.04 Å². The highest BCUT2D eigenvalue weighted by atomic mass is 16.4. The van der Waals surface area contributed by atoms with Gasteiger partial charge in [0.05, 0.1) is 11.3 Å². The van der Waals surface area contributed by atoms with Crippen molar-refractivity contribution in [2.24, 2.45) is 0 Å². The Balaban J connectivity index is 2.76. The number of amides is 2. The minimum Gasteiger partial charge on any atom is -0.480 e. The molecule has 18 heavy (non-hydrogen) atoms. The normalized spacial score (nSPS) is 11.4. The molecule has 0 saturated heterocycles.